The molecule has 1 saturated heterocycles. The highest BCUT2D eigenvalue weighted by Crippen LogP contribution is 2.18. The first-order chi connectivity index (χ1) is 7.27. The van der Waals surface area contributed by atoms with E-state index in [4.69, 9.17) is 5.11 Å². The Labute approximate surface area is 88.1 Å². The van der Waals surface area contributed by atoms with Crippen LogP contribution < -0.4 is 5.32 Å². The van der Waals surface area contributed by atoms with Gasteiger partial charge in [-0.25, -0.2) is 4.98 Å². The largest absolute Gasteiger partial charge is 0.481 e. The predicted molar refractivity (Wildman–Crippen MR) is 54.7 cm³/mol. The number of piperidine rings is 1. The molecule has 0 aliphatic carbocycles. The molecule has 1 unspecified atom stereocenters. The van der Waals surface area contributed by atoms with Crippen molar-refractivity contribution in [2.45, 2.75) is 25.3 Å². The van der Waals surface area contributed by atoms with Crippen molar-refractivity contribution in [3.63, 3.8) is 0 Å². The molecule has 2 heterocycles. The summed E-state index contributed by atoms with van der Waals surface area (Å²) in [5.74, 6) is -0.805. The maximum Gasteiger partial charge on any atom is 0.309 e. The quantitative estimate of drug-likeness (QED) is 0.757. The van der Waals surface area contributed by atoms with E-state index < -0.39 is 5.97 Å². The van der Waals surface area contributed by atoms with Gasteiger partial charge in [0.05, 0.1) is 12.7 Å². The van der Waals surface area contributed by atoms with E-state index in [9.17, 15) is 4.79 Å². The number of rotatable bonds is 3. The number of carbonyl (C=O) groups is 1. The molecule has 1 aliphatic rings. The van der Waals surface area contributed by atoms with E-state index in [0.717, 1.165) is 31.6 Å². The van der Waals surface area contributed by atoms with E-state index in [1.165, 1.54) is 0 Å². The van der Waals surface area contributed by atoms with E-state index in [0.29, 0.717) is 6.04 Å². The van der Waals surface area contributed by atoms with Crippen molar-refractivity contribution in [2.75, 3.05) is 13.1 Å². The van der Waals surface area contributed by atoms with Crippen LogP contribution in [0.2, 0.25) is 0 Å². The first-order valence-corrected chi connectivity index (χ1v) is 5.20. The molecule has 0 spiro atoms. The van der Waals surface area contributed by atoms with Gasteiger partial charge in [0.25, 0.3) is 0 Å². The number of carboxylic acid groups (broad SMARTS) is 1. The lowest BCUT2D eigenvalue weighted by Crippen LogP contribution is -2.32. The Morgan fingerprint density at radius 2 is 2.60 bits per heavy atom. The summed E-state index contributed by atoms with van der Waals surface area (Å²) in [6.45, 7) is 1.96. The average molecular weight is 209 g/mol. The summed E-state index contributed by atoms with van der Waals surface area (Å²) < 4.78 is 1.99. The Bertz CT molecular complexity index is 342. The maximum atomic E-state index is 10.6. The number of carboxylic acids is 1. The summed E-state index contributed by atoms with van der Waals surface area (Å²) in [5, 5.41) is 12.1. The molecule has 5 heteroatoms. The van der Waals surface area contributed by atoms with Crippen LogP contribution in [0.5, 0.6) is 0 Å². The maximum absolute atomic E-state index is 10.6. The van der Waals surface area contributed by atoms with Crippen LogP contribution in [0.25, 0.3) is 0 Å². The monoisotopic (exact) mass is 209 g/mol. The van der Waals surface area contributed by atoms with Gasteiger partial charge in [-0.1, -0.05) is 0 Å². The summed E-state index contributed by atoms with van der Waals surface area (Å²) in [7, 11) is 0. The van der Waals surface area contributed by atoms with E-state index in [-0.39, 0.29) is 6.42 Å². The summed E-state index contributed by atoms with van der Waals surface area (Å²) in [4.78, 5) is 14.7. The second kappa shape index (κ2) is 4.44. The molecule has 0 aromatic carbocycles. The number of hydrogen-bond acceptors (Lipinski definition) is 3. The molecule has 2 rings (SSSR count). The van der Waals surface area contributed by atoms with Crippen molar-refractivity contribution in [3.8, 4) is 0 Å². The van der Waals surface area contributed by atoms with Crippen molar-refractivity contribution in [2.24, 2.45) is 0 Å². The first-order valence-electron chi connectivity index (χ1n) is 5.20. The molecule has 0 saturated carbocycles. The lowest BCUT2D eigenvalue weighted by molar-refractivity contribution is -0.136. The number of aromatic nitrogens is 2. The van der Waals surface area contributed by atoms with Crippen molar-refractivity contribution in [1.82, 2.24) is 14.9 Å². The first kappa shape index (κ1) is 10.2. The second-order valence-corrected chi connectivity index (χ2v) is 3.86. The van der Waals surface area contributed by atoms with E-state index >= 15 is 0 Å². The summed E-state index contributed by atoms with van der Waals surface area (Å²) in [6.07, 6.45) is 5.65. The van der Waals surface area contributed by atoms with Crippen LogP contribution in [0.4, 0.5) is 0 Å². The molecule has 1 atom stereocenters. The fourth-order valence-electron chi connectivity index (χ4n) is 2.02. The normalized spacial score (nSPS) is 21.5. The minimum Gasteiger partial charge on any atom is -0.481 e. The highest BCUT2D eigenvalue weighted by molar-refractivity contribution is 5.69. The zero-order valence-corrected chi connectivity index (χ0v) is 8.52. The summed E-state index contributed by atoms with van der Waals surface area (Å²) in [6, 6.07) is 0.357. The number of aliphatic carboxylic acids is 1. The Morgan fingerprint density at radius 3 is 3.27 bits per heavy atom. The van der Waals surface area contributed by atoms with E-state index in [1.807, 2.05) is 4.57 Å². The van der Waals surface area contributed by atoms with E-state index in [1.54, 1.807) is 12.5 Å². The van der Waals surface area contributed by atoms with Gasteiger partial charge in [-0.15, -0.1) is 0 Å². The van der Waals surface area contributed by atoms with Crippen LogP contribution >= 0.6 is 0 Å². The third kappa shape index (κ3) is 2.36. The van der Waals surface area contributed by atoms with Gasteiger partial charge in [-0.05, 0) is 19.4 Å². The van der Waals surface area contributed by atoms with Crippen molar-refractivity contribution in [3.05, 3.63) is 18.2 Å². The lowest BCUT2D eigenvalue weighted by Gasteiger charge is -2.25. The number of nitrogens with zero attached hydrogens (tertiary/aromatic N) is 2. The Kier molecular flexibility index (Phi) is 3.01. The molecular formula is C10H15N3O2. The predicted octanol–water partition coefficient (Wildman–Crippen LogP) is 0.435. The van der Waals surface area contributed by atoms with Crippen LogP contribution in [0.15, 0.2) is 12.5 Å². The molecule has 0 bridgehead atoms. The molecule has 1 aliphatic heterocycles. The molecule has 0 amide bonds. The minimum absolute atomic E-state index is 0.0521. The molecule has 82 valence electrons. The van der Waals surface area contributed by atoms with Crippen molar-refractivity contribution in [1.29, 1.82) is 0 Å². The summed E-state index contributed by atoms with van der Waals surface area (Å²) in [5.41, 5.74) is 0.788. The van der Waals surface area contributed by atoms with Gasteiger partial charge in [0, 0.05) is 24.5 Å². The van der Waals surface area contributed by atoms with Crippen LogP contribution in [0, 0.1) is 0 Å². The molecule has 5 nitrogen and oxygen atoms in total. The number of hydrogen-bond donors (Lipinski definition) is 2. The van der Waals surface area contributed by atoms with Gasteiger partial charge < -0.3 is 15.0 Å². The number of imidazole rings is 1. The fourth-order valence-corrected chi connectivity index (χ4v) is 2.02. The van der Waals surface area contributed by atoms with Crippen LogP contribution in [-0.4, -0.2) is 33.7 Å². The molecule has 15 heavy (non-hydrogen) atoms. The zero-order valence-electron chi connectivity index (χ0n) is 8.52. The lowest BCUT2D eigenvalue weighted by atomic mass is 10.1. The van der Waals surface area contributed by atoms with Crippen molar-refractivity contribution >= 4 is 5.97 Å². The van der Waals surface area contributed by atoms with Crippen LogP contribution in [0.3, 0.4) is 0 Å². The SMILES string of the molecule is O=C(O)Cc1cncn1C1CCCNC1. The topological polar surface area (TPSA) is 67.1 Å². The summed E-state index contributed by atoms with van der Waals surface area (Å²) >= 11 is 0. The number of nitrogens with one attached hydrogen (secondary N) is 1. The second-order valence-electron chi connectivity index (χ2n) is 3.86. The van der Waals surface area contributed by atoms with Gasteiger partial charge in [-0.2, -0.15) is 0 Å². The molecule has 0 radical (unpaired) electrons. The molecular weight excluding hydrogens is 194 g/mol. The highest BCUT2D eigenvalue weighted by atomic mass is 16.4. The average Bonchev–Trinajstić information content (AvgIpc) is 2.66. The van der Waals surface area contributed by atoms with E-state index in [2.05, 4.69) is 10.3 Å². The third-order valence-corrected chi connectivity index (χ3v) is 2.74. The smallest absolute Gasteiger partial charge is 0.309 e. The molecule has 1 fully saturated rings. The van der Waals surface area contributed by atoms with Gasteiger partial charge in [-0.3, -0.25) is 4.79 Å². The molecule has 2 N–H and O–H groups in total. The molecule has 1 aromatic rings. The Balaban J connectivity index is 2.12. The Morgan fingerprint density at radius 1 is 1.73 bits per heavy atom. The van der Waals surface area contributed by atoms with Gasteiger partial charge in [0.1, 0.15) is 0 Å². The minimum atomic E-state index is -0.805. The van der Waals surface area contributed by atoms with Crippen molar-refractivity contribution < 1.29 is 9.90 Å². The fraction of sp³-hybridized carbons (Fsp3) is 0.600. The highest BCUT2D eigenvalue weighted by Gasteiger charge is 2.17. The van der Waals surface area contributed by atoms with Crippen LogP contribution in [0.1, 0.15) is 24.6 Å². The Hall–Kier alpha value is -1.36. The van der Waals surface area contributed by atoms with Gasteiger partial charge in [0.2, 0.25) is 0 Å². The van der Waals surface area contributed by atoms with Crippen LogP contribution in [-0.2, 0) is 11.2 Å². The van der Waals surface area contributed by atoms with Gasteiger partial charge >= 0.3 is 5.97 Å². The third-order valence-electron chi connectivity index (χ3n) is 2.74. The zero-order chi connectivity index (χ0) is 10.7. The standard InChI is InChI=1S/C10H15N3O2/c14-10(15)4-9-6-12-7-13(9)8-2-1-3-11-5-8/h6-8,11H,1-5H2,(H,14,15). The molecule has 1 aromatic heterocycles. The van der Waals surface area contributed by atoms with Gasteiger partial charge in [0.15, 0.2) is 0 Å².